The normalized spacial score (nSPS) is 12.9. The fourth-order valence-corrected chi connectivity index (χ4v) is 0.258. The molecular formula is C6H9F3O2. The zero-order valence-electron chi connectivity index (χ0n) is 6.45. The van der Waals surface area contributed by atoms with Gasteiger partial charge in [0.25, 0.3) is 0 Å². The van der Waals surface area contributed by atoms with Gasteiger partial charge >= 0.3 is 12.3 Å². The lowest BCUT2D eigenvalue weighted by Gasteiger charge is -2.17. The van der Waals surface area contributed by atoms with Gasteiger partial charge in [0.2, 0.25) is 0 Å². The summed E-state index contributed by atoms with van der Waals surface area (Å²) in [4.78, 5) is 10.5. The van der Waals surface area contributed by atoms with Gasteiger partial charge in [-0.1, -0.05) is 0 Å². The summed E-state index contributed by atoms with van der Waals surface area (Å²) in [5.74, 6) is -1.27. The first-order chi connectivity index (χ1) is 4.63. The Kier molecular flexibility index (Phi) is 2.53. The second kappa shape index (κ2) is 2.71. The average Bonchev–Trinajstić information content (AvgIpc) is 1.56. The van der Waals surface area contributed by atoms with Crippen molar-refractivity contribution in [1.82, 2.24) is 0 Å². The molecule has 0 N–H and O–H groups in total. The summed E-state index contributed by atoms with van der Waals surface area (Å²) in [6.07, 6.45) is -4.87. The van der Waals surface area contributed by atoms with Crippen LogP contribution in [0.25, 0.3) is 0 Å². The number of carbonyl (C=O) groups excluding carboxylic acids is 1. The standard InChI is InChI=1S/C6H9F3O2/c1-5(2,3)4(10)11-6(7,8)9/h1-3H3. The smallest absolute Gasteiger partial charge is 0.373 e. The van der Waals surface area contributed by atoms with E-state index in [0.717, 1.165) is 0 Å². The SMILES string of the molecule is CC(C)(C)C(=O)OC(F)(F)F. The third-order valence-corrected chi connectivity index (χ3v) is 0.821. The molecular weight excluding hydrogens is 161 g/mol. The van der Waals surface area contributed by atoms with Gasteiger partial charge in [-0.3, -0.25) is 4.79 Å². The highest BCUT2D eigenvalue weighted by atomic mass is 19.4. The number of ether oxygens (including phenoxy) is 1. The number of carbonyl (C=O) groups is 1. The second-order valence-corrected chi connectivity index (χ2v) is 3.09. The van der Waals surface area contributed by atoms with Crippen molar-refractivity contribution >= 4 is 5.97 Å². The maximum Gasteiger partial charge on any atom is 0.575 e. The van der Waals surface area contributed by atoms with Gasteiger partial charge in [0.05, 0.1) is 5.41 Å². The zero-order valence-corrected chi connectivity index (χ0v) is 6.45. The topological polar surface area (TPSA) is 26.3 Å². The Hall–Kier alpha value is -0.740. The van der Waals surface area contributed by atoms with Crippen LogP contribution in [0.15, 0.2) is 0 Å². The van der Waals surface area contributed by atoms with Crippen molar-refractivity contribution in [3.05, 3.63) is 0 Å². The van der Waals surface area contributed by atoms with Crippen LogP contribution in [-0.2, 0) is 9.53 Å². The van der Waals surface area contributed by atoms with Gasteiger partial charge in [-0.25, -0.2) is 0 Å². The molecule has 0 aromatic carbocycles. The van der Waals surface area contributed by atoms with E-state index in [1.807, 2.05) is 0 Å². The molecule has 0 spiro atoms. The van der Waals surface area contributed by atoms with Crippen LogP contribution in [0.3, 0.4) is 0 Å². The molecule has 0 aliphatic rings. The van der Waals surface area contributed by atoms with E-state index in [9.17, 15) is 18.0 Å². The predicted octanol–water partition coefficient (Wildman–Crippen LogP) is 2.10. The molecule has 0 heterocycles. The van der Waals surface area contributed by atoms with Crippen molar-refractivity contribution in [2.45, 2.75) is 27.1 Å². The van der Waals surface area contributed by atoms with Crippen LogP contribution in [-0.4, -0.2) is 12.3 Å². The molecule has 0 amide bonds. The number of hydrogen-bond donors (Lipinski definition) is 0. The molecule has 2 nitrogen and oxygen atoms in total. The van der Waals surface area contributed by atoms with Crippen LogP contribution in [0.5, 0.6) is 0 Å². The van der Waals surface area contributed by atoms with Gasteiger partial charge in [-0.2, -0.15) is 0 Å². The maximum absolute atomic E-state index is 11.4. The van der Waals surface area contributed by atoms with Crippen molar-refractivity contribution in [2.24, 2.45) is 5.41 Å². The van der Waals surface area contributed by atoms with Crippen LogP contribution in [0.4, 0.5) is 13.2 Å². The van der Waals surface area contributed by atoms with E-state index < -0.39 is 17.7 Å². The summed E-state index contributed by atoms with van der Waals surface area (Å²) in [6, 6.07) is 0. The molecule has 66 valence electrons. The fourth-order valence-electron chi connectivity index (χ4n) is 0.258. The molecule has 0 aliphatic carbocycles. The molecule has 0 fully saturated rings. The fraction of sp³-hybridized carbons (Fsp3) is 0.833. The molecule has 0 saturated carbocycles. The highest BCUT2D eigenvalue weighted by Crippen LogP contribution is 2.23. The van der Waals surface area contributed by atoms with Crippen LogP contribution in [0.2, 0.25) is 0 Å². The van der Waals surface area contributed by atoms with Crippen molar-refractivity contribution < 1.29 is 22.7 Å². The van der Waals surface area contributed by atoms with E-state index in [0.29, 0.717) is 0 Å². The number of hydrogen-bond acceptors (Lipinski definition) is 2. The van der Waals surface area contributed by atoms with Gasteiger partial charge in [0.15, 0.2) is 0 Å². The lowest BCUT2D eigenvalue weighted by molar-refractivity contribution is -0.309. The average molecular weight is 170 g/mol. The molecule has 0 aromatic heterocycles. The Balaban J connectivity index is 4.11. The van der Waals surface area contributed by atoms with Crippen molar-refractivity contribution in [2.75, 3.05) is 0 Å². The first-order valence-corrected chi connectivity index (χ1v) is 2.93. The minimum Gasteiger partial charge on any atom is -0.373 e. The van der Waals surface area contributed by atoms with Crippen molar-refractivity contribution in [3.63, 3.8) is 0 Å². The van der Waals surface area contributed by atoms with Gasteiger partial charge in [0.1, 0.15) is 0 Å². The third kappa shape index (κ3) is 4.64. The molecule has 0 unspecified atom stereocenters. The molecule has 0 aliphatic heterocycles. The summed E-state index contributed by atoms with van der Waals surface area (Å²) in [7, 11) is 0. The minimum atomic E-state index is -4.87. The summed E-state index contributed by atoms with van der Waals surface area (Å²) in [5.41, 5.74) is -1.12. The molecule has 0 aromatic rings. The molecule has 11 heavy (non-hydrogen) atoms. The maximum atomic E-state index is 11.4. The van der Waals surface area contributed by atoms with Crippen molar-refractivity contribution in [1.29, 1.82) is 0 Å². The molecule has 0 bridgehead atoms. The van der Waals surface area contributed by atoms with Crippen LogP contribution >= 0.6 is 0 Å². The van der Waals surface area contributed by atoms with E-state index in [1.165, 1.54) is 20.8 Å². The molecule has 0 saturated heterocycles. The van der Waals surface area contributed by atoms with E-state index in [-0.39, 0.29) is 0 Å². The highest BCUT2D eigenvalue weighted by molar-refractivity contribution is 5.75. The highest BCUT2D eigenvalue weighted by Gasteiger charge is 2.38. The predicted molar refractivity (Wildman–Crippen MR) is 31.6 cm³/mol. The molecule has 0 rings (SSSR count). The summed E-state index contributed by atoms with van der Waals surface area (Å²) >= 11 is 0. The number of esters is 1. The quantitative estimate of drug-likeness (QED) is 0.520. The Morgan fingerprint density at radius 3 is 1.64 bits per heavy atom. The van der Waals surface area contributed by atoms with Gasteiger partial charge in [0, 0.05) is 0 Å². The third-order valence-electron chi connectivity index (χ3n) is 0.821. The Morgan fingerprint density at radius 1 is 1.18 bits per heavy atom. The molecule has 0 radical (unpaired) electrons. The second-order valence-electron chi connectivity index (χ2n) is 3.09. The van der Waals surface area contributed by atoms with E-state index in [4.69, 9.17) is 0 Å². The number of alkyl halides is 3. The minimum absolute atomic E-state index is 1.12. The first-order valence-electron chi connectivity index (χ1n) is 2.93. The Labute approximate surface area is 62.3 Å². The van der Waals surface area contributed by atoms with Crippen LogP contribution < -0.4 is 0 Å². The van der Waals surface area contributed by atoms with Crippen LogP contribution in [0, 0.1) is 5.41 Å². The van der Waals surface area contributed by atoms with Gasteiger partial charge in [-0.05, 0) is 20.8 Å². The number of rotatable bonds is 0. The van der Waals surface area contributed by atoms with Crippen LogP contribution in [0.1, 0.15) is 20.8 Å². The van der Waals surface area contributed by atoms with E-state index in [2.05, 4.69) is 4.74 Å². The summed E-state index contributed by atoms with van der Waals surface area (Å²) in [5, 5.41) is 0. The Morgan fingerprint density at radius 2 is 1.55 bits per heavy atom. The Bertz CT molecular complexity index is 154. The van der Waals surface area contributed by atoms with Crippen molar-refractivity contribution in [3.8, 4) is 0 Å². The lowest BCUT2D eigenvalue weighted by atomic mass is 9.98. The molecule has 5 heteroatoms. The number of halogens is 3. The summed E-state index contributed by atoms with van der Waals surface area (Å²) in [6.45, 7) is 4.04. The lowest BCUT2D eigenvalue weighted by Crippen LogP contribution is -2.29. The van der Waals surface area contributed by atoms with E-state index in [1.54, 1.807) is 0 Å². The zero-order chi connectivity index (χ0) is 9.28. The summed E-state index contributed by atoms with van der Waals surface area (Å²) < 4.78 is 37.3. The van der Waals surface area contributed by atoms with Gasteiger partial charge in [-0.15, -0.1) is 13.2 Å². The first kappa shape index (κ1) is 10.3. The van der Waals surface area contributed by atoms with Gasteiger partial charge < -0.3 is 4.74 Å². The van der Waals surface area contributed by atoms with E-state index >= 15 is 0 Å². The monoisotopic (exact) mass is 170 g/mol. The molecule has 0 atom stereocenters. The largest absolute Gasteiger partial charge is 0.575 e.